The van der Waals surface area contributed by atoms with Crippen LogP contribution in [0.4, 0.5) is 0 Å². The summed E-state index contributed by atoms with van der Waals surface area (Å²) < 4.78 is 5.73. The smallest absolute Gasteiger partial charge is 0.191 e. The molecule has 0 aliphatic carbocycles. The number of rotatable bonds is 10. The molecule has 1 aliphatic heterocycles. The van der Waals surface area contributed by atoms with Crippen LogP contribution in [0.1, 0.15) is 44.6 Å². The molecule has 1 fully saturated rings. The van der Waals surface area contributed by atoms with Gasteiger partial charge < -0.3 is 20.3 Å². The molecule has 2 N–H and O–H groups in total. The Morgan fingerprint density at radius 1 is 1.19 bits per heavy atom. The Hall–Kier alpha value is -0.860. The maximum atomic E-state index is 5.73. The van der Waals surface area contributed by atoms with Crippen LogP contribution < -0.4 is 10.6 Å². The van der Waals surface area contributed by atoms with Crippen molar-refractivity contribution in [2.75, 3.05) is 39.8 Å². The van der Waals surface area contributed by atoms with E-state index in [9.17, 15) is 0 Å². The van der Waals surface area contributed by atoms with Crippen LogP contribution in [0.15, 0.2) is 35.3 Å². The van der Waals surface area contributed by atoms with Crippen molar-refractivity contribution in [2.24, 2.45) is 4.99 Å². The quantitative estimate of drug-likeness (QED) is 0.229. The van der Waals surface area contributed by atoms with Crippen LogP contribution >= 0.6 is 24.0 Å². The summed E-state index contributed by atoms with van der Waals surface area (Å²) in [5.41, 5.74) is 1.24. The number of guanidine groups is 1. The van der Waals surface area contributed by atoms with E-state index in [0.717, 1.165) is 32.0 Å². The molecule has 154 valence electrons. The summed E-state index contributed by atoms with van der Waals surface area (Å²) >= 11 is 0. The van der Waals surface area contributed by atoms with Crippen molar-refractivity contribution >= 4 is 29.9 Å². The molecule has 0 saturated carbocycles. The molecule has 5 nitrogen and oxygen atoms in total. The molecule has 1 saturated heterocycles. The summed E-state index contributed by atoms with van der Waals surface area (Å²) in [6.07, 6.45) is 5.80. The fourth-order valence-corrected chi connectivity index (χ4v) is 3.31. The van der Waals surface area contributed by atoms with Crippen LogP contribution in [0, 0.1) is 0 Å². The number of benzene rings is 1. The third kappa shape index (κ3) is 10.3. The van der Waals surface area contributed by atoms with Gasteiger partial charge in [0.25, 0.3) is 0 Å². The first-order valence-electron chi connectivity index (χ1n) is 10.1. The zero-order valence-corrected chi connectivity index (χ0v) is 19.3. The van der Waals surface area contributed by atoms with E-state index in [1.165, 1.54) is 44.5 Å². The van der Waals surface area contributed by atoms with Gasteiger partial charge in [0, 0.05) is 39.3 Å². The van der Waals surface area contributed by atoms with Crippen LogP contribution in [0.25, 0.3) is 0 Å². The molecule has 1 aliphatic rings. The number of aliphatic imine (C=N–C) groups is 1. The zero-order chi connectivity index (χ0) is 18.5. The van der Waals surface area contributed by atoms with Gasteiger partial charge in [0.05, 0.1) is 6.61 Å². The number of likely N-dealkylation sites (tertiary alicyclic amines) is 1. The lowest BCUT2D eigenvalue weighted by Crippen LogP contribution is -2.48. The fraction of sp³-hybridized carbons (Fsp3) is 0.667. The van der Waals surface area contributed by atoms with Crippen LogP contribution in [0.3, 0.4) is 0 Å². The molecule has 6 heteroatoms. The van der Waals surface area contributed by atoms with E-state index >= 15 is 0 Å². The predicted octanol–water partition coefficient (Wildman–Crippen LogP) is 3.64. The van der Waals surface area contributed by atoms with Crippen LogP contribution in [-0.4, -0.2) is 56.7 Å². The van der Waals surface area contributed by atoms with E-state index in [0.29, 0.717) is 12.6 Å². The highest BCUT2D eigenvalue weighted by atomic mass is 127. The van der Waals surface area contributed by atoms with E-state index in [1.807, 2.05) is 13.1 Å². The van der Waals surface area contributed by atoms with Crippen LogP contribution in [-0.2, 0) is 11.3 Å². The maximum absolute atomic E-state index is 5.73. The van der Waals surface area contributed by atoms with Gasteiger partial charge in [-0.25, -0.2) is 0 Å². The van der Waals surface area contributed by atoms with E-state index in [1.54, 1.807) is 0 Å². The van der Waals surface area contributed by atoms with E-state index < -0.39 is 0 Å². The summed E-state index contributed by atoms with van der Waals surface area (Å²) in [5, 5.41) is 7.00. The summed E-state index contributed by atoms with van der Waals surface area (Å²) in [6.45, 7) is 8.31. The van der Waals surface area contributed by atoms with Crippen molar-refractivity contribution in [1.29, 1.82) is 0 Å². The van der Waals surface area contributed by atoms with Crippen molar-refractivity contribution in [2.45, 2.75) is 51.7 Å². The van der Waals surface area contributed by atoms with Crippen molar-refractivity contribution in [3.05, 3.63) is 35.9 Å². The molecule has 0 radical (unpaired) electrons. The molecule has 0 bridgehead atoms. The highest BCUT2D eigenvalue weighted by Crippen LogP contribution is 2.10. The molecule has 1 aromatic rings. The van der Waals surface area contributed by atoms with Crippen molar-refractivity contribution < 1.29 is 4.74 Å². The average molecular weight is 488 g/mol. The Labute approximate surface area is 182 Å². The molecule has 0 atom stereocenters. The predicted molar refractivity (Wildman–Crippen MR) is 125 cm³/mol. The second-order valence-electron chi connectivity index (χ2n) is 7.00. The first kappa shape index (κ1) is 24.2. The highest BCUT2D eigenvalue weighted by molar-refractivity contribution is 14.0. The standard InChI is InChI=1S/C21H36N4O.HI/c1-3-14-25-15-11-20(12-16-25)24-21(22-2)23-13-7-8-17-26-18-19-9-5-4-6-10-19;/h4-6,9-10,20H,3,7-8,11-18H2,1-2H3,(H2,22,23,24);1H. The van der Waals surface area contributed by atoms with Crippen molar-refractivity contribution in [3.63, 3.8) is 0 Å². The van der Waals surface area contributed by atoms with Gasteiger partial charge in [-0.05, 0) is 44.2 Å². The Kier molecular flexibility index (Phi) is 13.5. The number of nitrogens with one attached hydrogen (secondary N) is 2. The number of unbranched alkanes of at least 4 members (excludes halogenated alkanes) is 1. The Balaban J connectivity index is 0.00000364. The van der Waals surface area contributed by atoms with Gasteiger partial charge in [-0.1, -0.05) is 37.3 Å². The van der Waals surface area contributed by atoms with Crippen LogP contribution in [0.2, 0.25) is 0 Å². The summed E-state index contributed by atoms with van der Waals surface area (Å²) in [4.78, 5) is 6.92. The van der Waals surface area contributed by atoms with Gasteiger partial charge in [-0.3, -0.25) is 4.99 Å². The minimum absolute atomic E-state index is 0. The van der Waals surface area contributed by atoms with Gasteiger partial charge >= 0.3 is 0 Å². The van der Waals surface area contributed by atoms with Crippen molar-refractivity contribution in [1.82, 2.24) is 15.5 Å². The van der Waals surface area contributed by atoms with Crippen LogP contribution in [0.5, 0.6) is 0 Å². The number of piperidine rings is 1. The largest absolute Gasteiger partial charge is 0.377 e. The molecular formula is C21H37IN4O. The second-order valence-corrected chi connectivity index (χ2v) is 7.00. The van der Waals surface area contributed by atoms with E-state index in [2.05, 4.69) is 51.7 Å². The molecule has 0 spiro atoms. The fourth-order valence-electron chi connectivity index (χ4n) is 3.31. The number of hydrogen-bond acceptors (Lipinski definition) is 3. The Morgan fingerprint density at radius 3 is 2.59 bits per heavy atom. The van der Waals surface area contributed by atoms with E-state index in [-0.39, 0.29) is 24.0 Å². The first-order chi connectivity index (χ1) is 12.8. The molecule has 0 unspecified atom stereocenters. The lowest BCUT2D eigenvalue weighted by Gasteiger charge is -2.32. The normalized spacial score (nSPS) is 16.0. The van der Waals surface area contributed by atoms with Gasteiger partial charge in [-0.2, -0.15) is 0 Å². The third-order valence-corrected chi connectivity index (χ3v) is 4.81. The maximum Gasteiger partial charge on any atom is 0.191 e. The highest BCUT2D eigenvalue weighted by Gasteiger charge is 2.19. The minimum Gasteiger partial charge on any atom is -0.377 e. The molecule has 1 heterocycles. The lowest BCUT2D eigenvalue weighted by atomic mass is 10.1. The number of hydrogen-bond donors (Lipinski definition) is 2. The SMILES string of the molecule is CCCN1CCC(NC(=NC)NCCCCOCc2ccccc2)CC1.I. The molecule has 27 heavy (non-hydrogen) atoms. The first-order valence-corrected chi connectivity index (χ1v) is 10.1. The molecular weight excluding hydrogens is 451 g/mol. The third-order valence-electron chi connectivity index (χ3n) is 4.81. The Bertz CT molecular complexity index is 504. The lowest BCUT2D eigenvalue weighted by molar-refractivity contribution is 0.117. The van der Waals surface area contributed by atoms with Gasteiger partial charge in [0.1, 0.15) is 0 Å². The molecule has 1 aromatic carbocycles. The molecule has 0 amide bonds. The van der Waals surface area contributed by atoms with Gasteiger partial charge in [-0.15, -0.1) is 24.0 Å². The summed E-state index contributed by atoms with van der Waals surface area (Å²) in [7, 11) is 1.85. The van der Waals surface area contributed by atoms with Gasteiger partial charge in [0.15, 0.2) is 5.96 Å². The molecule has 2 rings (SSSR count). The minimum atomic E-state index is 0. The van der Waals surface area contributed by atoms with Crippen molar-refractivity contribution in [3.8, 4) is 0 Å². The summed E-state index contributed by atoms with van der Waals surface area (Å²) in [6, 6.07) is 10.9. The number of halogens is 1. The Morgan fingerprint density at radius 2 is 1.93 bits per heavy atom. The number of ether oxygens (including phenoxy) is 1. The number of nitrogens with zero attached hydrogens (tertiary/aromatic N) is 2. The van der Waals surface area contributed by atoms with E-state index in [4.69, 9.17) is 4.74 Å². The zero-order valence-electron chi connectivity index (χ0n) is 17.0. The topological polar surface area (TPSA) is 48.9 Å². The average Bonchev–Trinajstić information content (AvgIpc) is 2.68. The second kappa shape index (κ2) is 15.1. The summed E-state index contributed by atoms with van der Waals surface area (Å²) in [5.74, 6) is 0.934. The van der Waals surface area contributed by atoms with Gasteiger partial charge in [0.2, 0.25) is 0 Å². The molecule has 0 aromatic heterocycles. The monoisotopic (exact) mass is 488 g/mol.